The second kappa shape index (κ2) is 6.59. The van der Waals surface area contributed by atoms with Crippen LogP contribution in [0.5, 0.6) is 17.2 Å². The molecule has 1 N–H and O–H groups in total. The van der Waals surface area contributed by atoms with Crippen LogP contribution >= 0.6 is 0 Å². The van der Waals surface area contributed by atoms with Crippen molar-refractivity contribution in [3.8, 4) is 17.2 Å². The summed E-state index contributed by atoms with van der Waals surface area (Å²) >= 11 is 0. The lowest BCUT2D eigenvalue weighted by Gasteiger charge is -2.32. The molecule has 1 fully saturated rings. The van der Waals surface area contributed by atoms with Gasteiger partial charge in [0.2, 0.25) is 5.75 Å². The number of nitrogens with zero attached hydrogens (tertiary/aromatic N) is 2. The van der Waals surface area contributed by atoms with Crippen LogP contribution in [0.4, 0.5) is 13.2 Å². The first-order valence-corrected chi connectivity index (χ1v) is 8.17. The summed E-state index contributed by atoms with van der Waals surface area (Å²) < 4.78 is 56.0. The third-order valence-corrected chi connectivity index (χ3v) is 4.61. The number of carbonyl (C=O) groups excluding carboxylic acids is 1. The third-order valence-electron chi connectivity index (χ3n) is 4.61. The lowest BCUT2D eigenvalue weighted by Crippen LogP contribution is -2.56. The quantitative estimate of drug-likeness (QED) is 0.839. The lowest BCUT2D eigenvalue weighted by molar-refractivity contribution is -0.297. The van der Waals surface area contributed by atoms with Crippen molar-refractivity contribution in [2.75, 3.05) is 21.3 Å². The van der Waals surface area contributed by atoms with Crippen LogP contribution in [0.3, 0.4) is 0 Å². The molecule has 1 heterocycles. The number of hydrogen-bond donors (Lipinski definition) is 1. The minimum absolute atomic E-state index is 0.0985. The van der Waals surface area contributed by atoms with Gasteiger partial charge in [0.1, 0.15) is 0 Å². The van der Waals surface area contributed by atoms with Gasteiger partial charge < -0.3 is 19.3 Å². The van der Waals surface area contributed by atoms with Crippen LogP contribution in [0, 0.1) is 5.92 Å². The molecule has 0 spiro atoms. The van der Waals surface area contributed by atoms with Gasteiger partial charge in [-0.2, -0.15) is 23.3 Å². The number of alkyl halides is 3. The monoisotopic (exact) mass is 388 g/mol. The van der Waals surface area contributed by atoms with Crippen LogP contribution in [-0.4, -0.2) is 55.0 Å². The van der Waals surface area contributed by atoms with Gasteiger partial charge in [0, 0.05) is 17.7 Å². The smallest absolute Gasteiger partial charge is 0.438 e. The van der Waals surface area contributed by atoms with Crippen molar-refractivity contribution in [2.45, 2.75) is 31.2 Å². The van der Waals surface area contributed by atoms with Gasteiger partial charge in [-0.3, -0.25) is 4.79 Å². The molecule has 7 nitrogen and oxygen atoms in total. The molecule has 1 saturated carbocycles. The Morgan fingerprint density at radius 2 is 1.74 bits per heavy atom. The zero-order chi connectivity index (χ0) is 20.0. The van der Waals surface area contributed by atoms with E-state index in [0.717, 1.165) is 0 Å². The van der Waals surface area contributed by atoms with Crippen molar-refractivity contribution in [1.29, 1.82) is 0 Å². The van der Waals surface area contributed by atoms with Crippen LogP contribution < -0.4 is 14.2 Å². The Labute approximate surface area is 153 Å². The van der Waals surface area contributed by atoms with Crippen LogP contribution in [0.15, 0.2) is 17.2 Å². The van der Waals surface area contributed by atoms with Crippen molar-refractivity contribution in [3.05, 3.63) is 17.7 Å². The Kier molecular flexibility index (Phi) is 4.71. The fourth-order valence-electron chi connectivity index (χ4n) is 2.98. The molecule has 1 amide bonds. The van der Waals surface area contributed by atoms with Crippen LogP contribution in [-0.2, 0) is 0 Å². The van der Waals surface area contributed by atoms with E-state index in [-0.39, 0.29) is 39.5 Å². The van der Waals surface area contributed by atoms with E-state index in [2.05, 4.69) is 5.10 Å². The molecule has 0 bridgehead atoms. The molecule has 1 aliphatic heterocycles. The van der Waals surface area contributed by atoms with E-state index in [9.17, 15) is 23.1 Å². The average molecular weight is 388 g/mol. The summed E-state index contributed by atoms with van der Waals surface area (Å²) in [4.78, 5) is 12.8. The first kappa shape index (κ1) is 19.3. The molecule has 10 heteroatoms. The maximum absolute atomic E-state index is 13.6. The summed E-state index contributed by atoms with van der Waals surface area (Å²) in [5.74, 6) is -0.866. The maximum Gasteiger partial charge on any atom is 0.438 e. The summed E-state index contributed by atoms with van der Waals surface area (Å²) in [7, 11) is 3.99. The standard InChI is InChI=1S/C17H19F3N2O5/c1-25-12-6-10(7-13(26-2)14(12)27-3)15(23)22-16(24,17(18,19)20)8-11(21-22)9-4-5-9/h6-7,9,24H,4-5,8H2,1-3H3. The molecule has 148 valence electrons. The number of hydrazone groups is 1. The Hall–Kier alpha value is -2.49. The lowest BCUT2D eigenvalue weighted by atomic mass is 10.0. The van der Waals surface area contributed by atoms with Gasteiger partial charge >= 0.3 is 6.18 Å². The number of halogens is 3. The van der Waals surface area contributed by atoms with E-state index in [0.29, 0.717) is 12.8 Å². The number of hydrogen-bond acceptors (Lipinski definition) is 6. The first-order chi connectivity index (χ1) is 12.7. The Morgan fingerprint density at radius 3 is 2.15 bits per heavy atom. The van der Waals surface area contributed by atoms with Gasteiger partial charge in [-0.05, 0) is 30.9 Å². The van der Waals surface area contributed by atoms with Gasteiger partial charge in [-0.15, -0.1) is 0 Å². The summed E-state index contributed by atoms with van der Waals surface area (Å²) in [6, 6.07) is 2.43. The van der Waals surface area contributed by atoms with E-state index in [1.807, 2.05) is 0 Å². The number of carbonyl (C=O) groups is 1. The zero-order valence-electron chi connectivity index (χ0n) is 15.0. The topological polar surface area (TPSA) is 80.6 Å². The normalized spacial score (nSPS) is 22.5. The summed E-state index contributed by atoms with van der Waals surface area (Å²) in [5, 5.41) is 14.2. The molecule has 1 aliphatic carbocycles. The molecule has 0 radical (unpaired) electrons. The molecule has 27 heavy (non-hydrogen) atoms. The number of amides is 1. The van der Waals surface area contributed by atoms with Crippen molar-refractivity contribution < 1.29 is 37.3 Å². The van der Waals surface area contributed by atoms with Crippen LogP contribution in [0.1, 0.15) is 29.6 Å². The third kappa shape index (κ3) is 3.18. The highest BCUT2D eigenvalue weighted by Gasteiger charge is 2.64. The minimum Gasteiger partial charge on any atom is -0.493 e. The average Bonchev–Trinajstić information content (AvgIpc) is 3.41. The molecular formula is C17H19F3N2O5. The molecular weight excluding hydrogens is 369 g/mol. The number of benzene rings is 1. The van der Waals surface area contributed by atoms with Crippen molar-refractivity contribution >= 4 is 11.6 Å². The SMILES string of the molecule is COc1cc(C(=O)N2N=C(C3CC3)CC2(O)C(F)(F)F)cc(OC)c1OC. The van der Waals surface area contributed by atoms with Crippen molar-refractivity contribution in [3.63, 3.8) is 0 Å². The van der Waals surface area contributed by atoms with E-state index in [4.69, 9.17) is 14.2 Å². The molecule has 1 aromatic carbocycles. The van der Waals surface area contributed by atoms with Gasteiger partial charge in [0.05, 0.1) is 21.3 Å². The van der Waals surface area contributed by atoms with Crippen molar-refractivity contribution in [1.82, 2.24) is 5.01 Å². The molecule has 0 aromatic heterocycles. The predicted molar refractivity (Wildman–Crippen MR) is 88.0 cm³/mol. The fraction of sp³-hybridized carbons (Fsp3) is 0.529. The Bertz CT molecular complexity index is 766. The van der Waals surface area contributed by atoms with Crippen LogP contribution in [0.2, 0.25) is 0 Å². The second-order valence-electron chi connectivity index (χ2n) is 6.39. The number of aliphatic hydroxyl groups is 1. The number of rotatable bonds is 5. The van der Waals surface area contributed by atoms with E-state index in [1.54, 1.807) is 0 Å². The molecule has 0 saturated heterocycles. The molecule has 3 rings (SSSR count). The fourth-order valence-corrected chi connectivity index (χ4v) is 2.98. The highest BCUT2D eigenvalue weighted by Crippen LogP contribution is 2.46. The molecule has 1 aromatic rings. The molecule has 2 aliphatic rings. The van der Waals surface area contributed by atoms with Gasteiger partial charge in [0.15, 0.2) is 11.5 Å². The number of ether oxygens (including phenoxy) is 3. The van der Waals surface area contributed by atoms with E-state index < -0.39 is 24.2 Å². The van der Waals surface area contributed by atoms with Gasteiger partial charge in [0.25, 0.3) is 11.6 Å². The second-order valence-corrected chi connectivity index (χ2v) is 6.39. The van der Waals surface area contributed by atoms with Gasteiger partial charge in [-0.1, -0.05) is 0 Å². The van der Waals surface area contributed by atoms with E-state index >= 15 is 0 Å². The summed E-state index contributed by atoms with van der Waals surface area (Å²) in [6.45, 7) is 0. The maximum atomic E-state index is 13.6. The summed E-state index contributed by atoms with van der Waals surface area (Å²) in [5.41, 5.74) is -3.40. The Morgan fingerprint density at radius 1 is 1.19 bits per heavy atom. The minimum atomic E-state index is -5.07. The molecule has 1 atom stereocenters. The predicted octanol–water partition coefficient (Wildman–Crippen LogP) is 2.58. The van der Waals surface area contributed by atoms with Gasteiger partial charge in [-0.25, -0.2) is 0 Å². The van der Waals surface area contributed by atoms with Crippen molar-refractivity contribution in [2.24, 2.45) is 11.0 Å². The van der Waals surface area contributed by atoms with Crippen LogP contribution in [0.25, 0.3) is 0 Å². The Balaban J connectivity index is 2.05. The van der Waals surface area contributed by atoms with E-state index in [1.165, 1.54) is 33.5 Å². The zero-order valence-corrected chi connectivity index (χ0v) is 15.0. The largest absolute Gasteiger partial charge is 0.493 e. The summed E-state index contributed by atoms with van der Waals surface area (Å²) in [6.07, 6.45) is -4.43. The number of methoxy groups -OCH3 is 3. The highest BCUT2D eigenvalue weighted by molar-refractivity contribution is 6.00. The first-order valence-electron chi connectivity index (χ1n) is 8.17. The molecule has 1 unspecified atom stereocenters. The highest BCUT2D eigenvalue weighted by atomic mass is 19.4.